The number of aromatic nitrogens is 1. The Bertz CT molecular complexity index is 773. The molecule has 0 atom stereocenters. The summed E-state index contributed by atoms with van der Waals surface area (Å²) in [5.74, 6) is 1.06. The van der Waals surface area contributed by atoms with Gasteiger partial charge in [0.15, 0.2) is 12.2 Å². The predicted octanol–water partition coefficient (Wildman–Crippen LogP) is 4.40. The third-order valence-corrected chi connectivity index (χ3v) is 3.49. The number of nitrogen functional groups attached to an aromatic ring is 1. The molecule has 6 heteroatoms. The minimum atomic E-state index is 0.204. The number of halogens is 2. The Kier molecular flexibility index (Phi) is 3.54. The van der Waals surface area contributed by atoms with Crippen LogP contribution in [0.25, 0.3) is 11.1 Å². The third-order valence-electron chi connectivity index (χ3n) is 2.70. The van der Waals surface area contributed by atoms with Crippen molar-refractivity contribution in [1.82, 2.24) is 4.98 Å². The first kappa shape index (κ1) is 13.3. The topological polar surface area (TPSA) is 61.3 Å². The van der Waals surface area contributed by atoms with E-state index >= 15 is 0 Å². The summed E-state index contributed by atoms with van der Waals surface area (Å²) in [5, 5.41) is 0.528. The summed E-state index contributed by atoms with van der Waals surface area (Å²) in [7, 11) is 0. The van der Waals surface area contributed by atoms with Crippen LogP contribution < -0.4 is 10.5 Å². The molecule has 0 aliphatic rings. The summed E-state index contributed by atoms with van der Waals surface area (Å²) in [6.07, 6.45) is 0. The molecule has 0 unspecified atom stereocenters. The molecular formula is C14H10BrClN2O2. The molecule has 3 aromatic rings. The fraction of sp³-hybridized carbons (Fsp3) is 0.0714. The molecule has 0 bridgehead atoms. The van der Waals surface area contributed by atoms with Gasteiger partial charge in [-0.05, 0) is 36.4 Å². The van der Waals surface area contributed by atoms with Gasteiger partial charge in [0, 0.05) is 10.2 Å². The maximum absolute atomic E-state index is 6.07. The van der Waals surface area contributed by atoms with Crippen molar-refractivity contribution in [1.29, 1.82) is 0 Å². The average molecular weight is 354 g/mol. The van der Waals surface area contributed by atoms with E-state index in [4.69, 9.17) is 26.5 Å². The van der Waals surface area contributed by atoms with Crippen LogP contribution in [0.1, 0.15) is 5.89 Å². The molecule has 2 aromatic carbocycles. The number of ether oxygens (including phenoxy) is 1. The molecule has 1 heterocycles. The summed E-state index contributed by atoms with van der Waals surface area (Å²) < 4.78 is 12.1. The molecule has 0 saturated carbocycles. The zero-order valence-corrected chi connectivity index (χ0v) is 12.6. The highest BCUT2D eigenvalue weighted by Crippen LogP contribution is 2.28. The van der Waals surface area contributed by atoms with Crippen molar-refractivity contribution < 1.29 is 9.15 Å². The Labute approximate surface area is 128 Å². The third kappa shape index (κ3) is 2.73. The molecule has 102 valence electrons. The maximum atomic E-state index is 6.07. The van der Waals surface area contributed by atoms with Gasteiger partial charge in [0.25, 0.3) is 0 Å². The molecule has 3 rings (SSSR count). The van der Waals surface area contributed by atoms with Crippen molar-refractivity contribution in [3.63, 3.8) is 0 Å². The summed E-state index contributed by atoms with van der Waals surface area (Å²) >= 11 is 9.41. The lowest BCUT2D eigenvalue weighted by atomic mass is 10.3. The molecule has 0 saturated heterocycles. The van der Waals surface area contributed by atoms with E-state index in [0.29, 0.717) is 33.4 Å². The Morgan fingerprint density at radius 1 is 1.25 bits per heavy atom. The van der Waals surface area contributed by atoms with Gasteiger partial charge < -0.3 is 14.9 Å². The Hall–Kier alpha value is -1.72. The first-order chi connectivity index (χ1) is 9.61. The van der Waals surface area contributed by atoms with Gasteiger partial charge in [0.05, 0.1) is 5.02 Å². The highest BCUT2D eigenvalue weighted by atomic mass is 79.9. The standard InChI is InChI=1S/C14H10BrClN2O2/c15-8-1-3-12(10(16)5-8)19-7-14-18-11-6-9(17)2-4-13(11)20-14/h1-6H,7,17H2. The fourth-order valence-electron chi connectivity index (χ4n) is 1.79. The summed E-state index contributed by atoms with van der Waals surface area (Å²) in [5.41, 5.74) is 7.74. The lowest BCUT2D eigenvalue weighted by Gasteiger charge is -2.05. The maximum Gasteiger partial charge on any atom is 0.233 e. The zero-order valence-electron chi connectivity index (χ0n) is 10.3. The van der Waals surface area contributed by atoms with Crippen LogP contribution in [-0.4, -0.2) is 4.98 Å². The highest BCUT2D eigenvalue weighted by Gasteiger charge is 2.08. The molecule has 0 amide bonds. The molecule has 0 fully saturated rings. The van der Waals surface area contributed by atoms with E-state index in [0.717, 1.165) is 4.47 Å². The van der Waals surface area contributed by atoms with E-state index in [1.54, 1.807) is 30.3 Å². The second-order valence-corrected chi connectivity index (χ2v) is 5.52. The number of nitrogens with zero attached hydrogens (tertiary/aromatic N) is 1. The number of rotatable bonds is 3. The smallest absolute Gasteiger partial charge is 0.233 e. The molecule has 0 aliphatic heterocycles. The molecule has 2 N–H and O–H groups in total. The SMILES string of the molecule is Nc1ccc2oc(COc3ccc(Br)cc3Cl)nc2c1. The minimum absolute atomic E-state index is 0.204. The largest absolute Gasteiger partial charge is 0.482 e. The summed E-state index contributed by atoms with van der Waals surface area (Å²) in [6, 6.07) is 10.7. The molecule has 4 nitrogen and oxygen atoms in total. The van der Waals surface area contributed by atoms with Gasteiger partial charge in [-0.1, -0.05) is 27.5 Å². The normalized spacial score (nSPS) is 10.9. The van der Waals surface area contributed by atoms with Crippen LogP contribution in [-0.2, 0) is 6.61 Å². The van der Waals surface area contributed by atoms with Gasteiger partial charge in [-0.15, -0.1) is 0 Å². The van der Waals surface area contributed by atoms with Crippen molar-refractivity contribution in [3.8, 4) is 5.75 Å². The molecule has 0 aliphatic carbocycles. The van der Waals surface area contributed by atoms with Crippen molar-refractivity contribution in [2.75, 3.05) is 5.73 Å². The second kappa shape index (κ2) is 5.34. The number of nitrogens with two attached hydrogens (primary N) is 1. The van der Waals surface area contributed by atoms with Crippen LogP contribution in [0.5, 0.6) is 5.75 Å². The summed E-state index contributed by atoms with van der Waals surface area (Å²) in [4.78, 5) is 4.31. The summed E-state index contributed by atoms with van der Waals surface area (Å²) in [6.45, 7) is 0.204. The lowest BCUT2D eigenvalue weighted by molar-refractivity contribution is 0.267. The van der Waals surface area contributed by atoms with Crippen LogP contribution in [0, 0.1) is 0 Å². The Morgan fingerprint density at radius 2 is 2.10 bits per heavy atom. The zero-order chi connectivity index (χ0) is 14.1. The Morgan fingerprint density at radius 3 is 2.90 bits per heavy atom. The van der Waals surface area contributed by atoms with E-state index in [1.807, 2.05) is 6.07 Å². The van der Waals surface area contributed by atoms with E-state index in [1.165, 1.54) is 0 Å². The second-order valence-electron chi connectivity index (χ2n) is 4.20. The van der Waals surface area contributed by atoms with Gasteiger partial charge in [-0.2, -0.15) is 0 Å². The predicted molar refractivity (Wildman–Crippen MR) is 81.9 cm³/mol. The molecule has 1 aromatic heterocycles. The van der Waals surface area contributed by atoms with E-state index < -0.39 is 0 Å². The minimum Gasteiger partial charge on any atom is -0.482 e. The van der Waals surface area contributed by atoms with Gasteiger partial charge >= 0.3 is 0 Å². The van der Waals surface area contributed by atoms with Crippen molar-refractivity contribution in [3.05, 3.63) is 51.8 Å². The van der Waals surface area contributed by atoms with Gasteiger partial charge in [-0.25, -0.2) is 4.98 Å². The first-order valence-electron chi connectivity index (χ1n) is 5.84. The fourth-order valence-corrected chi connectivity index (χ4v) is 2.51. The molecule has 0 spiro atoms. The van der Waals surface area contributed by atoms with E-state index in [-0.39, 0.29) is 6.61 Å². The molecule has 0 radical (unpaired) electrons. The number of benzene rings is 2. The van der Waals surface area contributed by atoms with Gasteiger partial charge in [0.1, 0.15) is 11.3 Å². The van der Waals surface area contributed by atoms with Crippen LogP contribution in [0.15, 0.2) is 45.3 Å². The number of oxazole rings is 1. The number of anilines is 1. The number of hydrogen-bond acceptors (Lipinski definition) is 4. The van der Waals surface area contributed by atoms with Crippen LogP contribution in [0.4, 0.5) is 5.69 Å². The molecule has 20 heavy (non-hydrogen) atoms. The van der Waals surface area contributed by atoms with Crippen LogP contribution in [0.2, 0.25) is 5.02 Å². The average Bonchev–Trinajstić information content (AvgIpc) is 2.79. The first-order valence-corrected chi connectivity index (χ1v) is 7.02. The van der Waals surface area contributed by atoms with E-state index in [9.17, 15) is 0 Å². The van der Waals surface area contributed by atoms with Crippen molar-refractivity contribution >= 4 is 44.3 Å². The monoisotopic (exact) mass is 352 g/mol. The van der Waals surface area contributed by atoms with E-state index in [2.05, 4.69) is 20.9 Å². The van der Waals surface area contributed by atoms with Crippen LogP contribution in [0.3, 0.4) is 0 Å². The highest BCUT2D eigenvalue weighted by molar-refractivity contribution is 9.10. The van der Waals surface area contributed by atoms with Crippen LogP contribution >= 0.6 is 27.5 Å². The number of hydrogen-bond donors (Lipinski definition) is 1. The van der Waals surface area contributed by atoms with Crippen molar-refractivity contribution in [2.24, 2.45) is 0 Å². The Balaban J connectivity index is 1.79. The van der Waals surface area contributed by atoms with Gasteiger partial charge in [0.2, 0.25) is 5.89 Å². The van der Waals surface area contributed by atoms with Gasteiger partial charge in [-0.3, -0.25) is 0 Å². The molecular weight excluding hydrogens is 344 g/mol. The quantitative estimate of drug-likeness (QED) is 0.709. The van der Waals surface area contributed by atoms with Crippen molar-refractivity contribution in [2.45, 2.75) is 6.61 Å². The lowest BCUT2D eigenvalue weighted by Crippen LogP contribution is -1.96. The number of fused-ring (bicyclic) bond motifs is 1.